The van der Waals surface area contributed by atoms with Crippen molar-refractivity contribution in [3.63, 3.8) is 0 Å². The zero-order chi connectivity index (χ0) is 14.2. The van der Waals surface area contributed by atoms with Gasteiger partial charge in [0.2, 0.25) is 5.91 Å². The van der Waals surface area contributed by atoms with Gasteiger partial charge in [-0.1, -0.05) is 30.3 Å². The molecule has 1 unspecified atom stereocenters. The Bertz CT molecular complexity index is 590. The fraction of sp³-hybridized carbons (Fsp3) is 0.188. The van der Waals surface area contributed by atoms with E-state index in [1.807, 2.05) is 36.4 Å². The third-order valence-electron chi connectivity index (χ3n) is 2.99. The molecule has 0 bridgehead atoms. The number of rotatable bonds is 5. The Morgan fingerprint density at radius 1 is 1.20 bits per heavy atom. The van der Waals surface area contributed by atoms with Crippen LogP contribution in [0.25, 0.3) is 0 Å². The lowest BCUT2D eigenvalue weighted by molar-refractivity contribution is -0.121. The quantitative estimate of drug-likeness (QED) is 0.899. The smallest absolute Gasteiger partial charge is 0.241 e. The molecule has 1 heterocycles. The third-order valence-corrected chi connectivity index (χ3v) is 2.99. The highest BCUT2D eigenvalue weighted by Crippen LogP contribution is 2.14. The number of carbonyl (C=O) groups is 1. The lowest BCUT2D eigenvalue weighted by Gasteiger charge is -2.10. The zero-order valence-electron chi connectivity index (χ0n) is 11.0. The molecule has 0 radical (unpaired) electrons. The summed E-state index contributed by atoms with van der Waals surface area (Å²) in [5, 5.41) is 11.9. The van der Waals surface area contributed by atoms with Crippen molar-refractivity contribution < 1.29 is 4.79 Å². The molecule has 1 aromatic carbocycles. The summed E-state index contributed by atoms with van der Waals surface area (Å²) in [6, 6.07) is 14.9. The highest BCUT2D eigenvalue weighted by atomic mass is 16.1. The summed E-state index contributed by atoms with van der Waals surface area (Å²) in [5.41, 5.74) is 1.82. The van der Waals surface area contributed by atoms with E-state index in [-0.39, 0.29) is 5.91 Å². The summed E-state index contributed by atoms with van der Waals surface area (Å²) < 4.78 is 0. The molecule has 1 N–H and O–H groups in total. The maximum atomic E-state index is 12.0. The largest absolute Gasteiger partial charge is 0.354 e. The molecule has 0 aliphatic rings. The average Bonchev–Trinajstić information content (AvgIpc) is 2.50. The van der Waals surface area contributed by atoms with Gasteiger partial charge in [-0.15, -0.1) is 0 Å². The number of nitriles is 1. The van der Waals surface area contributed by atoms with Crippen LogP contribution in [0.2, 0.25) is 0 Å². The molecule has 20 heavy (non-hydrogen) atoms. The predicted octanol–water partition coefficient (Wildman–Crippen LogP) is 2.05. The van der Waals surface area contributed by atoms with Gasteiger partial charge in [0, 0.05) is 18.9 Å². The van der Waals surface area contributed by atoms with Crippen LogP contribution in [0.1, 0.15) is 17.0 Å². The van der Waals surface area contributed by atoms with Gasteiger partial charge in [-0.3, -0.25) is 9.78 Å². The number of amides is 1. The Balaban J connectivity index is 1.89. The first-order chi connectivity index (χ1) is 9.81. The summed E-state index contributed by atoms with van der Waals surface area (Å²) in [6.45, 7) is 0.508. The van der Waals surface area contributed by atoms with Crippen LogP contribution < -0.4 is 5.32 Å². The van der Waals surface area contributed by atoms with Gasteiger partial charge in [-0.05, 0) is 29.7 Å². The molecule has 1 aromatic heterocycles. The number of nitrogens with zero attached hydrogens (tertiary/aromatic N) is 2. The van der Waals surface area contributed by atoms with Gasteiger partial charge >= 0.3 is 0 Å². The number of hydrogen-bond acceptors (Lipinski definition) is 3. The monoisotopic (exact) mass is 265 g/mol. The predicted molar refractivity (Wildman–Crippen MR) is 75.7 cm³/mol. The van der Waals surface area contributed by atoms with Crippen molar-refractivity contribution in [3.05, 3.63) is 66.0 Å². The number of aromatic nitrogens is 1. The van der Waals surface area contributed by atoms with Gasteiger partial charge in [0.15, 0.2) is 0 Å². The van der Waals surface area contributed by atoms with Gasteiger partial charge in [-0.2, -0.15) is 5.26 Å². The summed E-state index contributed by atoms with van der Waals surface area (Å²) in [4.78, 5) is 16.0. The minimum atomic E-state index is -0.756. The van der Waals surface area contributed by atoms with E-state index in [2.05, 4.69) is 10.3 Å². The molecule has 0 aliphatic carbocycles. The fourth-order valence-corrected chi connectivity index (χ4v) is 1.91. The highest BCUT2D eigenvalue weighted by Gasteiger charge is 2.18. The number of pyridine rings is 1. The van der Waals surface area contributed by atoms with Crippen LogP contribution >= 0.6 is 0 Å². The van der Waals surface area contributed by atoms with Gasteiger partial charge in [-0.25, -0.2) is 0 Å². The van der Waals surface area contributed by atoms with E-state index >= 15 is 0 Å². The lowest BCUT2D eigenvalue weighted by Crippen LogP contribution is -2.30. The van der Waals surface area contributed by atoms with Crippen molar-refractivity contribution in [2.75, 3.05) is 6.54 Å². The normalized spacial score (nSPS) is 11.3. The Morgan fingerprint density at radius 2 is 1.90 bits per heavy atom. The molecule has 0 fully saturated rings. The SMILES string of the molecule is N#CC(C(=O)NCCc1ccncc1)c1ccccc1. The van der Waals surface area contributed by atoms with Crippen molar-refractivity contribution in [1.82, 2.24) is 10.3 Å². The maximum absolute atomic E-state index is 12.0. The fourth-order valence-electron chi connectivity index (χ4n) is 1.91. The van der Waals surface area contributed by atoms with E-state index < -0.39 is 5.92 Å². The van der Waals surface area contributed by atoms with E-state index in [9.17, 15) is 4.79 Å². The van der Waals surface area contributed by atoms with Gasteiger partial charge in [0.25, 0.3) is 0 Å². The van der Waals surface area contributed by atoms with Gasteiger partial charge < -0.3 is 5.32 Å². The van der Waals surface area contributed by atoms with Crippen molar-refractivity contribution in [3.8, 4) is 6.07 Å². The Morgan fingerprint density at radius 3 is 2.55 bits per heavy atom. The van der Waals surface area contributed by atoms with Crippen molar-refractivity contribution >= 4 is 5.91 Å². The molecule has 0 aliphatic heterocycles. The second kappa shape index (κ2) is 7.05. The summed E-state index contributed by atoms with van der Waals surface area (Å²) in [6.07, 6.45) is 4.17. The van der Waals surface area contributed by atoms with Crippen LogP contribution in [0, 0.1) is 11.3 Å². The van der Waals surface area contributed by atoms with Gasteiger partial charge in [0.05, 0.1) is 6.07 Å². The Labute approximate surface area is 118 Å². The number of benzene rings is 1. The van der Waals surface area contributed by atoms with Crippen molar-refractivity contribution in [1.29, 1.82) is 5.26 Å². The molecular weight excluding hydrogens is 250 g/mol. The number of carbonyl (C=O) groups excluding carboxylic acids is 1. The van der Waals surface area contributed by atoms with Crippen molar-refractivity contribution in [2.24, 2.45) is 0 Å². The molecule has 0 spiro atoms. The standard InChI is InChI=1S/C16H15N3O/c17-12-15(14-4-2-1-3-5-14)16(20)19-11-8-13-6-9-18-10-7-13/h1-7,9-10,15H,8,11H2,(H,19,20). The van der Waals surface area contributed by atoms with E-state index in [1.165, 1.54) is 0 Å². The maximum Gasteiger partial charge on any atom is 0.241 e. The van der Waals surface area contributed by atoms with E-state index in [0.29, 0.717) is 6.54 Å². The number of hydrogen-bond donors (Lipinski definition) is 1. The van der Waals surface area contributed by atoms with Crippen LogP contribution in [-0.4, -0.2) is 17.4 Å². The first-order valence-corrected chi connectivity index (χ1v) is 6.42. The number of nitrogens with one attached hydrogen (secondary N) is 1. The second-order valence-corrected chi connectivity index (χ2v) is 4.37. The Kier molecular flexibility index (Phi) is 4.85. The average molecular weight is 265 g/mol. The molecule has 4 heteroatoms. The minimum absolute atomic E-state index is 0.257. The molecular formula is C16H15N3O. The molecule has 100 valence electrons. The molecule has 0 saturated heterocycles. The molecule has 2 aromatic rings. The van der Waals surface area contributed by atoms with Gasteiger partial charge in [0.1, 0.15) is 5.92 Å². The van der Waals surface area contributed by atoms with Crippen LogP contribution in [0.15, 0.2) is 54.9 Å². The highest BCUT2D eigenvalue weighted by molar-refractivity contribution is 5.86. The summed E-state index contributed by atoms with van der Waals surface area (Å²) >= 11 is 0. The first-order valence-electron chi connectivity index (χ1n) is 6.42. The molecule has 1 atom stereocenters. The van der Waals surface area contributed by atoms with E-state index in [1.54, 1.807) is 24.5 Å². The molecule has 0 saturated carbocycles. The van der Waals surface area contributed by atoms with Crippen LogP contribution in [0.5, 0.6) is 0 Å². The van der Waals surface area contributed by atoms with E-state index in [0.717, 1.165) is 17.5 Å². The summed E-state index contributed by atoms with van der Waals surface area (Å²) in [7, 11) is 0. The molecule has 2 rings (SSSR count). The zero-order valence-corrected chi connectivity index (χ0v) is 11.0. The second-order valence-electron chi connectivity index (χ2n) is 4.37. The molecule has 4 nitrogen and oxygen atoms in total. The van der Waals surface area contributed by atoms with E-state index in [4.69, 9.17) is 5.26 Å². The third kappa shape index (κ3) is 3.66. The van der Waals surface area contributed by atoms with Crippen LogP contribution in [0.3, 0.4) is 0 Å². The van der Waals surface area contributed by atoms with Crippen LogP contribution in [0.4, 0.5) is 0 Å². The minimum Gasteiger partial charge on any atom is -0.354 e. The van der Waals surface area contributed by atoms with Crippen molar-refractivity contribution in [2.45, 2.75) is 12.3 Å². The first kappa shape index (κ1) is 13.8. The molecule has 1 amide bonds. The topological polar surface area (TPSA) is 65.8 Å². The summed E-state index contributed by atoms with van der Waals surface area (Å²) in [5.74, 6) is -1.01. The Hall–Kier alpha value is -2.67. The lowest BCUT2D eigenvalue weighted by atomic mass is 10.00. The van der Waals surface area contributed by atoms with Crippen LogP contribution in [-0.2, 0) is 11.2 Å².